The molecule has 0 saturated carbocycles. The Balaban J connectivity index is 3.68. The first-order chi connectivity index (χ1) is 6.68. The van der Waals surface area contributed by atoms with Gasteiger partial charge in [-0.15, -0.1) is 0 Å². The van der Waals surface area contributed by atoms with E-state index >= 15 is 0 Å². The molecule has 0 aliphatic carbocycles. The van der Waals surface area contributed by atoms with Gasteiger partial charge in [0.25, 0.3) is 0 Å². The van der Waals surface area contributed by atoms with Gasteiger partial charge in [0.15, 0.2) is 0 Å². The molecule has 1 aromatic carbocycles. The number of hydrogen-bond donors (Lipinski definition) is 0. The molecular weight excluding hydrogens is 240 g/mol. The Morgan fingerprint density at radius 3 is 2.42 bits per heavy atom. The van der Waals surface area contributed by atoms with Crippen LogP contribution in [0.15, 0.2) is 22.6 Å². The van der Waals surface area contributed by atoms with Crippen molar-refractivity contribution in [3.63, 3.8) is 0 Å². The summed E-state index contributed by atoms with van der Waals surface area (Å²) in [7, 11) is 0. The molecule has 0 atom stereocenters. The zero-order valence-electron chi connectivity index (χ0n) is 8.39. The molecule has 1 rings (SSSR count). The second-order valence-corrected chi connectivity index (χ2v) is 2.67. The van der Waals surface area contributed by atoms with Gasteiger partial charge < -0.3 is 0 Å². The summed E-state index contributed by atoms with van der Waals surface area (Å²) in [5, 5.41) is 0. The van der Waals surface area contributed by atoms with Crippen molar-refractivity contribution in [2.45, 2.75) is 6.18 Å². The predicted molar refractivity (Wildman–Crippen MR) is 39.1 cm³/mol. The molecule has 0 saturated heterocycles. The third kappa shape index (κ3) is 1.97. The number of alkyl halides is 3. The highest BCUT2D eigenvalue weighted by molar-refractivity contribution is 9.10. The molecule has 1 aromatic rings. The first-order valence-corrected chi connectivity index (χ1v) is 3.49. The van der Waals surface area contributed by atoms with Gasteiger partial charge in [0.1, 0.15) is 5.82 Å². The topological polar surface area (TPSA) is 0 Å². The van der Waals surface area contributed by atoms with Crippen molar-refractivity contribution in [3.05, 3.63) is 34.0 Å². The van der Waals surface area contributed by atoms with Crippen LogP contribution in [0.4, 0.5) is 17.6 Å². The molecule has 0 spiro atoms. The summed E-state index contributed by atoms with van der Waals surface area (Å²) in [5.41, 5.74) is -1.57. The summed E-state index contributed by atoms with van der Waals surface area (Å²) >= 11 is 2.44. The largest absolute Gasteiger partial charge is 0.417 e. The summed E-state index contributed by atoms with van der Waals surface area (Å²) in [6, 6.07) is -3.37. The average molecular weight is 246 g/mol. The molecule has 0 unspecified atom stereocenters. The second kappa shape index (κ2) is 3.05. The summed E-state index contributed by atoms with van der Waals surface area (Å²) in [6.07, 6.45) is -4.93. The fraction of sp³-hybridized carbons (Fsp3) is 0.143. The minimum Gasteiger partial charge on any atom is -0.207 e. The van der Waals surface area contributed by atoms with Gasteiger partial charge in [0.2, 0.25) is 0 Å². The maximum absolute atomic E-state index is 12.9. The number of rotatable bonds is 0. The standard InChI is InChI=1S/C7H3BrF4/c8-6-2-1-4(9)3-5(6)7(10,11)12/h1-3H/i1D,2D,3D. The lowest BCUT2D eigenvalue weighted by Gasteiger charge is -2.07. The van der Waals surface area contributed by atoms with Gasteiger partial charge in [-0.25, -0.2) is 4.39 Å². The molecule has 66 valence electrons. The third-order valence-corrected chi connectivity index (χ3v) is 1.61. The first kappa shape index (κ1) is 5.96. The van der Waals surface area contributed by atoms with Crippen LogP contribution in [0, 0.1) is 5.82 Å². The van der Waals surface area contributed by atoms with Crippen LogP contribution in [-0.4, -0.2) is 0 Å². The molecule has 5 heteroatoms. The van der Waals surface area contributed by atoms with E-state index < -0.39 is 40.2 Å². The third-order valence-electron chi connectivity index (χ3n) is 1.02. The monoisotopic (exact) mass is 245 g/mol. The van der Waals surface area contributed by atoms with Gasteiger partial charge in [0.05, 0.1) is 9.68 Å². The van der Waals surface area contributed by atoms with E-state index in [0.717, 1.165) is 0 Å². The Morgan fingerprint density at radius 1 is 1.33 bits per heavy atom. The molecule has 0 aromatic heterocycles. The van der Waals surface area contributed by atoms with Gasteiger partial charge in [-0.1, -0.05) is 15.9 Å². The fourth-order valence-electron chi connectivity index (χ4n) is 0.563. The van der Waals surface area contributed by atoms with Gasteiger partial charge in [-0.2, -0.15) is 13.2 Å². The Bertz CT molecular complexity index is 387. The van der Waals surface area contributed by atoms with Crippen LogP contribution in [-0.2, 0) is 6.18 Å². The van der Waals surface area contributed by atoms with E-state index in [9.17, 15) is 17.6 Å². The predicted octanol–water partition coefficient (Wildman–Crippen LogP) is 3.61. The highest BCUT2D eigenvalue weighted by Gasteiger charge is 2.33. The average Bonchev–Trinajstić information content (AvgIpc) is 2.09. The molecule has 0 heterocycles. The quantitative estimate of drug-likeness (QED) is 0.613. The Morgan fingerprint density at radius 2 is 1.92 bits per heavy atom. The van der Waals surface area contributed by atoms with Gasteiger partial charge >= 0.3 is 6.18 Å². The highest BCUT2D eigenvalue weighted by atomic mass is 79.9. The summed E-state index contributed by atoms with van der Waals surface area (Å²) in [4.78, 5) is 0. The smallest absolute Gasteiger partial charge is 0.207 e. The second-order valence-electron chi connectivity index (χ2n) is 1.88. The maximum Gasteiger partial charge on any atom is 0.417 e. The molecule has 0 radical (unpaired) electrons. The van der Waals surface area contributed by atoms with Crippen molar-refractivity contribution in [1.82, 2.24) is 0 Å². The summed E-state index contributed by atoms with van der Waals surface area (Å²) in [6.45, 7) is 0. The first-order valence-electron chi connectivity index (χ1n) is 4.19. The lowest BCUT2D eigenvalue weighted by molar-refractivity contribution is -0.138. The van der Waals surface area contributed by atoms with Crippen LogP contribution in [0.1, 0.15) is 9.68 Å². The molecule has 0 N–H and O–H groups in total. The van der Waals surface area contributed by atoms with Crippen LogP contribution >= 0.6 is 15.9 Å². The SMILES string of the molecule is [2H]c1c([2H])c(Br)c(C(F)(F)F)c([2H])c1F. The Hall–Kier alpha value is -0.580. The van der Waals surface area contributed by atoms with E-state index in [-0.39, 0.29) is 0 Å². The molecule has 0 aliphatic heterocycles. The number of halogens is 5. The highest BCUT2D eigenvalue weighted by Crippen LogP contribution is 2.34. The van der Waals surface area contributed by atoms with Crippen molar-refractivity contribution >= 4 is 15.9 Å². The Labute approximate surface area is 78.5 Å². The van der Waals surface area contributed by atoms with Crippen LogP contribution in [0.3, 0.4) is 0 Å². The van der Waals surface area contributed by atoms with E-state index in [1.54, 1.807) is 0 Å². The van der Waals surface area contributed by atoms with Gasteiger partial charge in [-0.3, -0.25) is 0 Å². The van der Waals surface area contributed by atoms with Crippen LogP contribution < -0.4 is 0 Å². The minimum atomic E-state index is -4.93. The van der Waals surface area contributed by atoms with Crippen molar-refractivity contribution in [1.29, 1.82) is 0 Å². The van der Waals surface area contributed by atoms with Crippen LogP contribution in [0.2, 0.25) is 0 Å². The van der Waals surface area contributed by atoms with Crippen molar-refractivity contribution in [2.24, 2.45) is 0 Å². The molecule has 0 nitrogen and oxygen atoms in total. The van der Waals surface area contributed by atoms with Crippen molar-refractivity contribution in [2.75, 3.05) is 0 Å². The van der Waals surface area contributed by atoms with E-state index in [1.807, 2.05) is 0 Å². The van der Waals surface area contributed by atoms with Crippen molar-refractivity contribution in [3.8, 4) is 0 Å². The van der Waals surface area contributed by atoms with Crippen molar-refractivity contribution < 1.29 is 21.7 Å². The van der Waals surface area contributed by atoms with E-state index in [2.05, 4.69) is 15.9 Å². The molecule has 12 heavy (non-hydrogen) atoms. The molecule has 0 aliphatic rings. The van der Waals surface area contributed by atoms with Gasteiger partial charge in [0, 0.05) is 4.47 Å². The van der Waals surface area contributed by atoms with E-state index in [1.165, 1.54) is 0 Å². The summed E-state index contributed by atoms with van der Waals surface area (Å²) in [5.74, 6) is -1.64. The number of hydrogen-bond acceptors (Lipinski definition) is 0. The molecule has 0 bridgehead atoms. The molecular formula is C7H3BrF4. The van der Waals surface area contributed by atoms with E-state index in [0.29, 0.717) is 0 Å². The lowest BCUT2D eigenvalue weighted by atomic mass is 10.2. The summed E-state index contributed by atoms with van der Waals surface area (Å²) < 4.78 is 70.1. The van der Waals surface area contributed by atoms with Gasteiger partial charge in [-0.05, 0) is 18.1 Å². The minimum absolute atomic E-state index is 0.786. The zero-order valence-corrected chi connectivity index (χ0v) is 6.98. The fourth-order valence-corrected chi connectivity index (χ4v) is 0.986. The normalized spacial score (nSPS) is 15.2. The van der Waals surface area contributed by atoms with E-state index in [4.69, 9.17) is 4.11 Å². The molecule has 0 amide bonds. The zero-order chi connectivity index (χ0) is 12.0. The molecule has 0 fully saturated rings. The maximum atomic E-state index is 12.9. The van der Waals surface area contributed by atoms with Crippen LogP contribution in [0.5, 0.6) is 0 Å². The Kier molecular flexibility index (Phi) is 1.51. The lowest BCUT2D eigenvalue weighted by Crippen LogP contribution is -2.06. The van der Waals surface area contributed by atoms with Crippen LogP contribution in [0.25, 0.3) is 0 Å². The number of benzene rings is 1.